The topological polar surface area (TPSA) is 3.24 Å². The van der Waals surface area contributed by atoms with Crippen LogP contribution in [0.4, 0.5) is 171 Å². The minimum Gasteiger partial charge on any atom is -0.226 e. The fourth-order valence-corrected chi connectivity index (χ4v) is 4.38. The van der Waals surface area contributed by atoms with Gasteiger partial charge in [0.15, 0.2) is 0 Å². The van der Waals surface area contributed by atoms with E-state index in [-0.39, 0.29) is 0 Å². The van der Waals surface area contributed by atoms with Crippen LogP contribution >= 0.6 is 0 Å². The Morgan fingerprint density at radius 2 is 0.322 bits per heavy atom. The lowest BCUT2D eigenvalue weighted by atomic mass is 9.54. The molecule has 0 N–H and O–H groups in total. The average molecular weight is 983 g/mol. The highest BCUT2D eigenvalue weighted by atomic mass is 19.5. The van der Waals surface area contributed by atoms with E-state index in [0.29, 0.717) is 0 Å². The van der Waals surface area contributed by atoms with E-state index in [1.54, 1.807) is 0 Å². The molecule has 0 atom stereocenters. The van der Waals surface area contributed by atoms with Crippen molar-refractivity contribution in [1.29, 1.82) is 0 Å². The first-order valence-corrected chi connectivity index (χ1v) is 12.3. The summed E-state index contributed by atoms with van der Waals surface area (Å²) in [6.45, 7) is 0. The molecule has 354 valence electrons. The van der Waals surface area contributed by atoms with Gasteiger partial charge in [-0.15, -0.1) is 4.90 Å². The molecule has 0 spiro atoms. The molecule has 2 aliphatic carbocycles. The first kappa shape index (κ1) is 54.2. The maximum absolute atomic E-state index is 14.2. The van der Waals surface area contributed by atoms with Gasteiger partial charge in [0.2, 0.25) is 0 Å². The molecular weight excluding hydrogens is 983 g/mol. The molecule has 0 saturated heterocycles. The molecule has 0 radical (unpaired) electrons. The quantitative estimate of drug-likeness (QED) is 0.189. The Kier molecular flexibility index (Phi) is 11.4. The van der Waals surface area contributed by atoms with Gasteiger partial charge in [-0.25, -0.2) is 8.78 Å². The molecule has 40 heteroatoms. The van der Waals surface area contributed by atoms with Crippen molar-refractivity contribution in [3.8, 4) is 0 Å². The van der Waals surface area contributed by atoms with Crippen LogP contribution in [0, 0.1) is 0 Å². The molecule has 2 fully saturated rings. The first-order chi connectivity index (χ1) is 24.6. The Bertz CT molecular complexity index is 1380. The number of hydrogen-bond donors (Lipinski definition) is 0. The van der Waals surface area contributed by atoms with Crippen molar-refractivity contribution in [2.45, 2.75) is 113 Å². The zero-order valence-corrected chi connectivity index (χ0v) is 24.7. The number of hydrogen-bond acceptors (Lipinski definition) is 1. The number of alkyl halides is 39. The van der Waals surface area contributed by atoms with E-state index in [1.165, 1.54) is 0 Å². The summed E-state index contributed by atoms with van der Waals surface area (Å²) < 4.78 is 504. The van der Waals surface area contributed by atoms with Gasteiger partial charge in [0.1, 0.15) is 0 Å². The number of nitrogens with zero attached hydrogens (tertiary/aromatic N) is 1. The number of fused-ring (bicyclic) bond motifs is 1. The molecule has 0 bridgehead atoms. The van der Waals surface area contributed by atoms with Gasteiger partial charge >= 0.3 is 102 Å². The molecule has 0 heterocycles. The minimum absolute atomic E-state index is 5.46. The van der Waals surface area contributed by atoms with Gasteiger partial charge in [-0.05, 0) is 0 Å². The second-order valence-electron chi connectivity index (χ2n) is 11.1. The van der Waals surface area contributed by atoms with Gasteiger partial charge < -0.3 is 0 Å². The van der Waals surface area contributed by atoms with E-state index in [4.69, 9.17) is 0 Å². The van der Waals surface area contributed by atoms with E-state index in [1.807, 2.05) is 0 Å². The van der Waals surface area contributed by atoms with Gasteiger partial charge in [0.05, 0.1) is 0 Å². The van der Waals surface area contributed by atoms with Crippen molar-refractivity contribution in [3.63, 3.8) is 0 Å². The highest BCUT2D eigenvalue weighted by molar-refractivity contribution is 5.42. The first-order valence-electron chi connectivity index (χ1n) is 12.3. The summed E-state index contributed by atoms with van der Waals surface area (Å²) in [6, 6.07) is -26.9. The number of halogens is 39. The summed E-state index contributed by atoms with van der Waals surface area (Å²) in [5.41, 5.74) is -17.3. The molecule has 0 aromatic heterocycles. The van der Waals surface area contributed by atoms with Crippen molar-refractivity contribution >= 4 is 0 Å². The predicted octanol–water partition coefficient (Wildman–Crippen LogP) is 12.2. The van der Waals surface area contributed by atoms with E-state index in [0.717, 1.165) is 0 Å². The van der Waals surface area contributed by atoms with Crippen molar-refractivity contribution in [3.05, 3.63) is 0 Å². The zero-order chi connectivity index (χ0) is 49.1. The molecule has 0 aromatic carbocycles. The van der Waals surface area contributed by atoms with Gasteiger partial charge in [0, 0.05) is 0 Å². The van der Waals surface area contributed by atoms with Crippen LogP contribution in [-0.4, -0.2) is 118 Å². The third-order valence-electron chi connectivity index (χ3n) is 7.62. The Hall–Kier alpha value is -2.77. The van der Waals surface area contributed by atoms with E-state index >= 15 is 0 Å². The summed E-state index contributed by atoms with van der Waals surface area (Å²) in [5.74, 6) is -92.7. The number of rotatable bonds is 6. The zero-order valence-electron chi connectivity index (χ0n) is 24.7. The molecule has 59 heavy (non-hydrogen) atoms. The molecule has 0 aromatic rings. The second-order valence-corrected chi connectivity index (χ2v) is 11.1. The molecule has 2 aliphatic rings. The fourth-order valence-electron chi connectivity index (χ4n) is 4.38. The lowest BCUT2D eigenvalue weighted by Crippen LogP contribution is -2.98. The molecule has 0 aliphatic heterocycles. The van der Waals surface area contributed by atoms with Crippen LogP contribution < -0.4 is 0 Å². The van der Waals surface area contributed by atoms with Crippen molar-refractivity contribution in [1.82, 2.24) is 4.90 Å². The Morgan fingerprint density at radius 1 is 0.203 bits per heavy atom. The smallest absolute Gasteiger partial charge is 0.226 e. The SMILES string of the molecule is FC(F)(F)C(F)(F)C(F)(F)N(C(F)(F)C(F)(F)C(F)(F)F)C(F)(F)C(F)(F)C(F)(F)F.FC1(F)C(F)(F)C(F)(F)C2(F)C(F)(F)C(F)(F)C(F)(F)C(F)(F)C2(F)C1(F)F. The van der Waals surface area contributed by atoms with Crippen molar-refractivity contribution in [2.75, 3.05) is 0 Å². The minimum atomic E-state index is -8.97. The van der Waals surface area contributed by atoms with Crippen LogP contribution in [0.15, 0.2) is 0 Å². The van der Waals surface area contributed by atoms with E-state index < -0.39 is 118 Å². The molecule has 1 nitrogen and oxygen atoms in total. The van der Waals surface area contributed by atoms with Crippen LogP contribution in [-0.2, 0) is 0 Å². The Labute approximate surface area is 291 Å². The predicted molar refractivity (Wildman–Crippen MR) is 96.9 cm³/mol. The standard InChI is InChI=1S/C10F18.C9F21N/c11-1-2(12,5(17,18)9(25,26)7(21,22)3(1,13)14)6(19,20)10(27,28)8(23,24)4(1,15)16;10-1(11,4(16,17)18)7(25,26)31(8(27,28)2(12,13)5(19,20)21)9(29,30)3(14,15)6(22,23)24. The third kappa shape index (κ3) is 5.53. The lowest BCUT2D eigenvalue weighted by molar-refractivity contribution is -0.560. The highest BCUT2D eigenvalue weighted by Gasteiger charge is 3.15. The molecule has 2 rings (SSSR count). The summed E-state index contributed by atoms with van der Waals surface area (Å²) in [6.07, 6.45) is -24.4. The lowest BCUT2D eigenvalue weighted by Gasteiger charge is -2.63. The highest BCUT2D eigenvalue weighted by Crippen LogP contribution is 2.81. The van der Waals surface area contributed by atoms with Crippen molar-refractivity contribution in [2.24, 2.45) is 0 Å². The molecule has 0 amide bonds. The van der Waals surface area contributed by atoms with Crippen LogP contribution in [0.25, 0.3) is 0 Å². The molecule has 2 saturated carbocycles. The maximum Gasteiger partial charge on any atom is 0.461 e. The molecule has 0 unspecified atom stereocenters. The second kappa shape index (κ2) is 12.4. The van der Waals surface area contributed by atoms with E-state index in [2.05, 4.69) is 0 Å². The van der Waals surface area contributed by atoms with Crippen LogP contribution in [0.1, 0.15) is 0 Å². The van der Waals surface area contributed by atoms with Gasteiger partial charge in [0.25, 0.3) is 11.3 Å². The summed E-state index contributed by atoms with van der Waals surface area (Å²) in [5, 5.41) is 0. The normalized spacial score (nSPS) is 29.3. The summed E-state index contributed by atoms with van der Waals surface area (Å²) >= 11 is 0. The van der Waals surface area contributed by atoms with Gasteiger partial charge in [-0.2, -0.15) is 162 Å². The largest absolute Gasteiger partial charge is 0.461 e. The third-order valence-corrected chi connectivity index (χ3v) is 7.62. The van der Waals surface area contributed by atoms with Crippen LogP contribution in [0.2, 0.25) is 0 Å². The van der Waals surface area contributed by atoms with Crippen LogP contribution in [0.3, 0.4) is 0 Å². The Balaban J connectivity index is 0.000000592. The Morgan fingerprint density at radius 3 is 0.424 bits per heavy atom. The molecular formula is C19F39N. The summed E-state index contributed by atoms with van der Waals surface area (Å²) in [4.78, 5) is -5.46. The van der Waals surface area contributed by atoms with Gasteiger partial charge in [-0.1, -0.05) is 0 Å². The fraction of sp³-hybridized carbons (Fsp3) is 1.00. The summed E-state index contributed by atoms with van der Waals surface area (Å²) in [7, 11) is 0. The van der Waals surface area contributed by atoms with E-state index in [9.17, 15) is 171 Å². The van der Waals surface area contributed by atoms with Crippen LogP contribution in [0.5, 0.6) is 0 Å². The monoisotopic (exact) mass is 983 g/mol. The van der Waals surface area contributed by atoms with Crippen molar-refractivity contribution < 1.29 is 171 Å². The maximum atomic E-state index is 14.2. The average Bonchev–Trinajstić information content (AvgIpc) is 2.96. The van der Waals surface area contributed by atoms with Gasteiger partial charge in [-0.3, -0.25) is 0 Å².